The van der Waals surface area contributed by atoms with Crippen LogP contribution in [0.3, 0.4) is 0 Å². The van der Waals surface area contributed by atoms with Crippen LogP contribution < -0.4 is 5.32 Å². The Kier molecular flexibility index (Phi) is 4.08. The molecule has 1 unspecified atom stereocenters. The fourth-order valence-electron chi connectivity index (χ4n) is 3.00. The second-order valence-electron chi connectivity index (χ2n) is 5.84. The molecule has 1 N–H and O–H groups in total. The van der Waals surface area contributed by atoms with Gasteiger partial charge in [0.2, 0.25) is 5.91 Å². The van der Waals surface area contributed by atoms with E-state index in [2.05, 4.69) is 12.2 Å². The van der Waals surface area contributed by atoms with Gasteiger partial charge < -0.3 is 10.2 Å². The predicted molar refractivity (Wildman–Crippen MR) is 69.9 cm³/mol. The molecule has 1 aliphatic carbocycles. The molecule has 0 aromatic heterocycles. The second kappa shape index (κ2) is 5.38. The van der Waals surface area contributed by atoms with E-state index in [1.807, 2.05) is 11.8 Å². The third kappa shape index (κ3) is 2.82. The Balaban J connectivity index is 1.76. The zero-order chi connectivity index (χ0) is 12.3. The number of hydrogen-bond acceptors (Lipinski definition) is 2. The van der Waals surface area contributed by atoms with Crippen molar-refractivity contribution in [1.29, 1.82) is 0 Å². The Bertz CT molecular complexity index is 262. The van der Waals surface area contributed by atoms with Crippen LogP contribution in [0.2, 0.25) is 0 Å². The standard InChI is InChI=1S/C14H26N2O/c1-3-14(7-6-8-14)11-15-12(2)13(17)16-9-4-5-10-16/h12,15H,3-11H2,1-2H3. The average molecular weight is 238 g/mol. The highest BCUT2D eigenvalue weighted by molar-refractivity contribution is 5.81. The smallest absolute Gasteiger partial charge is 0.239 e. The van der Waals surface area contributed by atoms with Crippen molar-refractivity contribution in [2.75, 3.05) is 19.6 Å². The normalized spacial score (nSPS) is 24.5. The maximum Gasteiger partial charge on any atom is 0.239 e. The highest BCUT2D eigenvalue weighted by atomic mass is 16.2. The molecule has 2 aliphatic rings. The van der Waals surface area contributed by atoms with E-state index in [1.165, 1.54) is 38.5 Å². The van der Waals surface area contributed by atoms with E-state index in [-0.39, 0.29) is 6.04 Å². The van der Waals surface area contributed by atoms with Gasteiger partial charge in [0.05, 0.1) is 6.04 Å². The van der Waals surface area contributed by atoms with Crippen LogP contribution in [-0.2, 0) is 4.79 Å². The Labute approximate surface area is 105 Å². The van der Waals surface area contributed by atoms with Crippen molar-refractivity contribution in [3.63, 3.8) is 0 Å². The lowest BCUT2D eigenvalue weighted by molar-refractivity contribution is -0.132. The van der Waals surface area contributed by atoms with E-state index in [9.17, 15) is 4.79 Å². The van der Waals surface area contributed by atoms with Gasteiger partial charge in [-0.3, -0.25) is 4.79 Å². The molecule has 1 atom stereocenters. The molecule has 98 valence electrons. The minimum absolute atomic E-state index is 0.00266. The van der Waals surface area contributed by atoms with Crippen molar-refractivity contribution in [2.24, 2.45) is 5.41 Å². The number of carbonyl (C=O) groups excluding carboxylic acids is 1. The van der Waals surface area contributed by atoms with Crippen molar-refractivity contribution >= 4 is 5.91 Å². The van der Waals surface area contributed by atoms with Gasteiger partial charge in [-0.25, -0.2) is 0 Å². The van der Waals surface area contributed by atoms with Gasteiger partial charge in [0.15, 0.2) is 0 Å². The number of carbonyl (C=O) groups is 1. The number of amides is 1. The van der Waals surface area contributed by atoms with E-state index in [4.69, 9.17) is 0 Å². The highest BCUT2D eigenvalue weighted by Gasteiger charge is 2.35. The van der Waals surface area contributed by atoms with Crippen LogP contribution >= 0.6 is 0 Å². The molecular weight excluding hydrogens is 212 g/mol. The minimum Gasteiger partial charge on any atom is -0.341 e. The topological polar surface area (TPSA) is 32.3 Å². The van der Waals surface area contributed by atoms with Crippen molar-refractivity contribution in [1.82, 2.24) is 10.2 Å². The summed E-state index contributed by atoms with van der Waals surface area (Å²) >= 11 is 0. The number of likely N-dealkylation sites (tertiary alicyclic amines) is 1. The van der Waals surface area contributed by atoms with Crippen molar-refractivity contribution in [3.8, 4) is 0 Å². The van der Waals surface area contributed by atoms with E-state index >= 15 is 0 Å². The summed E-state index contributed by atoms with van der Waals surface area (Å²) in [5.74, 6) is 0.299. The lowest BCUT2D eigenvalue weighted by Gasteiger charge is -2.42. The van der Waals surface area contributed by atoms with Crippen molar-refractivity contribution < 1.29 is 4.79 Å². The molecule has 1 saturated carbocycles. The Hall–Kier alpha value is -0.570. The van der Waals surface area contributed by atoms with Crippen molar-refractivity contribution in [2.45, 2.75) is 58.4 Å². The lowest BCUT2D eigenvalue weighted by atomic mass is 9.67. The molecule has 2 fully saturated rings. The molecule has 0 aromatic rings. The summed E-state index contributed by atoms with van der Waals surface area (Å²) in [6.45, 7) is 7.23. The van der Waals surface area contributed by atoms with E-state index in [0.29, 0.717) is 11.3 Å². The second-order valence-corrected chi connectivity index (χ2v) is 5.84. The summed E-state index contributed by atoms with van der Waals surface area (Å²) in [6.07, 6.45) is 7.63. The molecule has 0 bridgehead atoms. The minimum atomic E-state index is -0.00266. The molecule has 3 heteroatoms. The molecule has 1 aliphatic heterocycles. The molecular formula is C14H26N2O. The summed E-state index contributed by atoms with van der Waals surface area (Å²) in [4.78, 5) is 14.1. The van der Waals surface area contributed by atoms with Crippen LogP contribution in [0.4, 0.5) is 0 Å². The van der Waals surface area contributed by atoms with Gasteiger partial charge in [-0.1, -0.05) is 13.3 Å². The fraction of sp³-hybridized carbons (Fsp3) is 0.929. The van der Waals surface area contributed by atoms with E-state index in [1.54, 1.807) is 0 Å². The quantitative estimate of drug-likeness (QED) is 0.796. The van der Waals surface area contributed by atoms with Crippen molar-refractivity contribution in [3.05, 3.63) is 0 Å². The van der Waals surface area contributed by atoms with Crippen LogP contribution in [-0.4, -0.2) is 36.5 Å². The Morgan fingerprint density at radius 2 is 1.94 bits per heavy atom. The number of hydrogen-bond donors (Lipinski definition) is 1. The Morgan fingerprint density at radius 3 is 2.41 bits per heavy atom. The first-order chi connectivity index (χ1) is 8.17. The summed E-state index contributed by atoms with van der Waals surface area (Å²) in [6, 6.07) is -0.00266. The predicted octanol–water partition coefficient (Wildman–Crippen LogP) is 2.17. The van der Waals surface area contributed by atoms with Gasteiger partial charge in [-0.15, -0.1) is 0 Å². The van der Waals surface area contributed by atoms with Gasteiger partial charge in [-0.05, 0) is 44.4 Å². The van der Waals surface area contributed by atoms with Crippen LogP contribution in [0, 0.1) is 5.41 Å². The van der Waals surface area contributed by atoms with Crippen LogP contribution in [0.1, 0.15) is 52.4 Å². The SMILES string of the molecule is CCC1(CNC(C)C(=O)N2CCCC2)CCC1. The van der Waals surface area contributed by atoms with Gasteiger partial charge in [0, 0.05) is 19.6 Å². The lowest BCUT2D eigenvalue weighted by Crippen LogP contribution is -2.48. The van der Waals surface area contributed by atoms with E-state index < -0.39 is 0 Å². The Morgan fingerprint density at radius 1 is 1.29 bits per heavy atom. The number of nitrogens with one attached hydrogen (secondary N) is 1. The number of nitrogens with zero attached hydrogens (tertiary/aromatic N) is 1. The molecule has 0 spiro atoms. The molecule has 0 aromatic carbocycles. The molecule has 1 saturated heterocycles. The first kappa shape index (κ1) is 12.9. The van der Waals surface area contributed by atoms with Crippen LogP contribution in [0.5, 0.6) is 0 Å². The highest BCUT2D eigenvalue weighted by Crippen LogP contribution is 2.43. The zero-order valence-corrected chi connectivity index (χ0v) is 11.3. The molecule has 17 heavy (non-hydrogen) atoms. The third-order valence-corrected chi connectivity index (χ3v) is 4.74. The summed E-state index contributed by atoms with van der Waals surface area (Å²) in [5.41, 5.74) is 0.500. The number of rotatable bonds is 5. The first-order valence-corrected chi connectivity index (χ1v) is 7.19. The molecule has 1 heterocycles. The summed E-state index contributed by atoms with van der Waals surface area (Å²) in [7, 11) is 0. The fourth-order valence-corrected chi connectivity index (χ4v) is 3.00. The van der Waals surface area contributed by atoms with Crippen LogP contribution in [0.25, 0.3) is 0 Å². The maximum absolute atomic E-state index is 12.1. The first-order valence-electron chi connectivity index (χ1n) is 7.19. The van der Waals surface area contributed by atoms with Gasteiger partial charge >= 0.3 is 0 Å². The van der Waals surface area contributed by atoms with Crippen LogP contribution in [0.15, 0.2) is 0 Å². The van der Waals surface area contributed by atoms with E-state index in [0.717, 1.165) is 19.6 Å². The molecule has 0 radical (unpaired) electrons. The summed E-state index contributed by atoms with van der Waals surface area (Å²) < 4.78 is 0. The monoisotopic (exact) mass is 238 g/mol. The van der Waals surface area contributed by atoms with Gasteiger partial charge in [0.1, 0.15) is 0 Å². The molecule has 2 rings (SSSR count). The van der Waals surface area contributed by atoms with Gasteiger partial charge in [-0.2, -0.15) is 0 Å². The largest absolute Gasteiger partial charge is 0.341 e. The third-order valence-electron chi connectivity index (χ3n) is 4.74. The van der Waals surface area contributed by atoms with Gasteiger partial charge in [0.25, 0.3) is 0 Å². The summed E-state index contributed by atoms with van der Waals surface area (Å²) in [5, 5.41) is 3.46. The maximum atomic E-state index is 12.1. The molecule has 1 amide bonds. The molecule has 3 nitrogen and oxygen atoms in total. The zero-order valence-electron chi connectivity index (χ0n) is 11.3. The average Bonchev–Trinajstić information content (AvgIpc) is 2.80.